The minimum atomic E-state index is 0.443. The van der Waals surface area contributed by atoms with Crippen LogP contribution in [0.5, 0.6) is 0 Å². The Morgan fingerprint density at radius 1 is 1.41 bits per heavy atom. The second-order valence-electron chi connectivity index (χ2n) is 4.67. The first kappa shape index (κ1) is 12.0. The summed E-state index contributed by atoms with van der Waals surface area (Å²) in [7, 11) is 0. The molecule has 0 aliphatic rings. The molecule has 92 valence electrons. The van der Waals surface area contributed by atoms with Crippen molar-refractivity contribution in [3.05, 3.63) is 29.7 Å². The molecule has 0 atom stereocenters. The number of nitrogens with zero attached hydrogens (tertiary/aromatic N) is 3. The van der Waals surface area contributed by atoms with Crippen LogP contribution in [-0.2, 0) is 6.54 Å². The molecule has 4 nitrogen and oxygen atoms in total. The Bertz CT molecular complexity index is 487. The summed E-state index contributed by atoms with van der Waals surface area (Å²) < 4.78 is 1.87. The number of fused-ring (bicyclic) bond motifs is 1. The molecule has 0 amide bonds. The van der Waals surface area contributed by atoms with Crippen molar-refractivity contribution in [3.8, 4) is 0 Å². The van der Waals surface area contributed by atoms with Gasteiger partial charge in [-0.05, 0) is 18.9 Å². The zero-order valence-corrected chi connectivity index (χ0v) is 10.8. The molecule has 0 saturated heterocycles. The van der Waals surface area contributed by atoms with Crippen molar-refractivity contribution in [2.24, 2.45) is 0 Å². The van der Waals surface area contributed by atoms with Crippen LogP contribution < -0.4 is 5.32 Å². The summed E-state index contributed by atoms with van der Waals surface area (Å²) in [5.74, 6) is 0.443. The maximum absolute atomic E-state index is 4.53. The van der Waals surface area contributed by atoms with Crippen LogP contribution in [-0.4, -0.2) is 21.1 Å². The van der Waals surface area contributed by atoms with E-state index in [1.165, 1.54) is 5.56 Å². The quantitative estimate of drug-likeness (QED) is 0.805. The lowest BCUT2D eigenvalue weighted by atomic mass is 10.1. The van der Waals surface area contributed by atoms with Crippen molar-refractivity contribution < 1.29 is 0 Å². The molecule has 0 aliphatic carbocycles. The second kappa shape index (κ2) is 5.27. The van der Waals surface area contributed by atoms with Crippen molar-refractivity contribution >= 4 is 5.65 Å². The predicted octanol–water partition coefficient (Wildman–Crippen LogP) is 2.35. The van der Waals surface area contributed by atoms with Crippen molar-refractivity contribution in [2.75, 3.05) is 6.54 Å². The number of rotatable bonds is 5. The fourth-order valence-electron chi connectivity index (χ4n) is 1.72. The van der Waals surface area contributed by atoms with Gasteiger partial charge in [-0.25, -0.2) is 9.50 Å². The zero-order valence-electron chi connectivity index (χ0n) is 10.8. The molecule has 0 aliphatic heterocycles. The van der Waals surface area contributed by atoms with E-state index >= 15 is 0 Å². The van der Waals surface area contributed by atoms with E-state index in [1.54, 1.807) is 0 Å². The van der Waals surface area contributed by atoms with Gasteiger partial charge in [-0.2, -0.15) is 5.10 Å². The second-order valence-corrected chi connectivity index (χ2v) is 4.67. The molecule has 0 fully saturated rings. The number of hydrogen-bond donors (Lipinski definition) is 1. The average molecular weight is 232 g/mol. The lowest BCUT2D eigenvalue weighted by Gasteiger charge is -2.02. The number of nitrogens with one attached hydrogen (secondary N) is 1. The Labute approximate surface area is 102 Å². The van der Waals surface area contributed by atoms with Crippen molar-refractivity contribution in [3.63, 3.8) is 0 Å². The normalized spacial score (nSPS) is 11.5. The third-order valence-electron chi connectivity index (χ3n) is 2.73. The van der Waals surface area contributed by atoms with Gasteiger partial charge < -0.3 is 5.32 Å². The smallest absolute Gasteiger partial charge is 0.155 e. The fourth-order valence-corrected chi connectivity index (χ4v) is 1.72. The molecule has 0 saturated carbocycles. The van der Waals surface area contributed by atoms with Crippen molar-refractivity contribution in [1.82, 2.24) is 19.9 Å². The topological polar surface area (TPSA) is 42.2 Å². The molecular weight excluding hydrogens is 212 g/mol. The highest BCUT2D eigenvalue weighted by Crippen LogP contribution is 2.14. The maximum atomic E-state index is 4.53. The molecule has 1 N–H and O–H groups in total. The highest BCUT2D eigenvalue weighted by molar-refractivity contribution is 5.40. The van der Waals surface area contributed by atoms with Gasteiger partial charge in [0.15, 0.2) is 5.65 Å². The van der Waals surface area contributed by atoms with Gasteiger partial charge in [0.05, 0.1) is 5.69 Å². The van der Waals surface area contributed by atoms with Gasteiger partial charge in [-0.15, -0.1) is 0 Å². The van der Waals surface area contributed by atoms with Crippen LogP contribution in [0.4, 0.5) is 0 Å². The molecule has 0 unspecified atom stereocenters. The molecule has 0 radical (unpaired) electrons. The van der Waals surface area contributed by atoms with Gasteiger partial charge in [0.1, 0.15) is 0 Å². The molecule has 0 aromatic carbocycles. The van der Waals surface area contributed by atoms with Crippen LogP contribution in [0.2, 0.25) is 0 Å². The summed E-state index contributed by atoms with van der Waals surface area (Å²) in [6.07, 6.45) is 5.12. The summed E-state index contributed by atoms with van der Waals surface area (Å²) in [6, 6.07) is 2.05. The first-order valence-electron chi connectivity index (χ1n) is 6.25. The van der Waals surface area contributed by atoms with Crippen LogP contribution in [0.1, 0.15) is 44.4 Å². The lowest BCUT2D eigenvalue weighted by Crippen LogP contribution is -2.14. The Morgan fingerprint density at radius 3 is 2.94 bits per heavy atom. The third-order valence-corrected chi connectivity index (χ3v) is 2.73. The van der Waals surface area contributed by atoms with Crippen LogP contribution in [0.3, 0.4) is 0 Å². The molecule has 0 spiro atoms. The highest BCUT2D eigenvalue weighted by atomic mass is 15.2. The molecule has 2 rings (SSSR count). The molecule has 2 aromatic rings. The van der Waals surface area contributed by atoms with Crippen LogP contribution in [0.15, 0.2) is 18.5 Å². The Morgan fingerprint density at radius 2 is 2.24 bits per heavy atom. The van der Waals surface area contributed by atoms with Crippen LogP contribution >= 0.6 is 0 Å². The largest absolute Gasteiger partial charge is 0.313 e. The minimum Gasteiger partial charge on any atom is -0.313 e. The van der Waals surface area contributed by atoms with E-state index in [-0.39, 0.29) is 0 Å². The zero-order chi connectivity index (χ0) is 12.3. The number of hydrogen-bond acceptors (Lipinski definition) is 3. The molecule has 2 heterocycles. The van der Waals surface area contributed by atoms with E-state index in [9.17, 15) is 0 Å². The molecular formula is C13H20N4. The van der Waals surface area contributed by atoms with E-state index < -0.39 is 0 Å². The Balaban J connectivity index is 2.18. The van der Waals surface area contributed by atoms with Gasteiger partial charge in [-0.3, -0.25) is 0 Å². The first-order valence-corrected chi connectivity index (χ1v) is 6.25. The first-order chi connectivity index (χ1) is 8.20. The van der Waals surface area contributed by atoms with Gasteiger partial charge >= 0.3 is 0 Å². The fraction of sp³-hybridized carbons (Fsp3) is 0.538. The summed E-state index contributed by atoms with van der Waals surface area (Å²) in [5.41, 5.74) is 3.19. The van der Waals surface area contributed by atoms with Crippen molar-refractivity contribution in [1.29, 1.82) is 0 Å². The van der Waals surface area contributed by atoms with E-state index in [2.05, 4.69) is 42.4 Å². The average Bonchev–Trinajstić information content (AvgIpc) is 2.72. The predicted molar refractivity (Wildman–Crippen MR) is 69.1 cm³/mol. The summed E-state index contributed by atoms with van der Waals surface area (Å²) in [6.45, 7) is 8.34. The number of aromatic nitrogens is 3. The highest BCUT2D eigenvalue weighted by Gasteiger charge is 2.06. The van der Waals surface area contributed by atoms with Crippen LogP contribution in [0.25, 0.3) is 5.65 Å². The van der Waals surface area contributed by atoms with E-state index in [0.717, 1.165) is 30.9 Å². The molecule has 2 aromatic heterocycles. The minimum absolute atomic E-state index is 0.443. The Kier molecular flexibility index (Phi) is 3.74. The molecule has 4 heteroatoms. The SMILES string of the molecule is CCCNCc1cnc2cc(C(C)C)nn2c1. The van der Waals surface area contributed by atoms with Gasteiger partial charge in [0, 0.05) is 30.6 Å². The van der Waals surface area contributed by atoms with Gasteiger partial charge in [0.2, 0.25) is 0 Å². The Hall–Kier alpha value is -1.42. The maximum Gasteiger partial charge on any atom is 0.155 e. The summed E-state index contributed by atoms with van der Waals surface area (Å²) in [5, 5.41) is 7.89. The lowest BCUT2D eigenvalue weighted by molar-refractivity contribution is 0.669. The molecule has 0 bridgehead atoms. The van der Waals surface area contributed by atoms with Gasteiger partial charge in [0.25, 0.3) is 0 Å². The van der Waals surface area contributed by atoms with Gasteiger partial charge in [-0.1, -0.05) is 20.8 Å². The monoisotopic (exact) mass is 232 g/mol. The standard InChI is InChI=1S/C13H20N4/c1-4-5-14-7-11-8-15-13-6-12(10(2)3)16-17(13)9-11/h6,8-10,14H,4-5,7H2,1-3H3. The van der Waals surface area contributed by atoms with Crippen molar-refractivity contribution in [2.45, 2.75) is 39.7 Å². The molecule has 17 heavy (non-hydrogen) atoms. The van der Waals surface area contributed by atoms with E-state index in [1.807, 2.05) is 16.8 Å². The van der Waals surface area contributed by atoms with Crippen LogP contribution in [0, 0.1) is 0 Å². The van der Waals surface area contributed by atoms with E-state index in [4.69, 9.17) is 0 Å². The summed E-state index contributed by atoms with van der Waals surface area (Å²) in [4.78, 5) is 4.42. The summed E-state index contributed by atoms with van der Waals surface area (Å²) >= 11 is 0. The third kappa shape index (κ3) is 2.82. The van der Waals surface area contributed by atoms with E-state index in [0.29, 0.717) is 5.92 Å².